The van der Waals surface area contributed by atoms with Gasteiger partial charge in [0.2, 0.25) is 0 Å². The fourth-order valence-electron chi connectivity index (χ4n) is 3.17. The smallest absolute Gasteiger partial charge is 0.170 e. The Kier molecular flexibility index (Phi) is 5.72. The third-order valence-electron chi connectivity index (χ3n) is 4.67. The van der Waals surface area contributed by atoms with Gasteiger partial charge in [0, 0.05) is 19.6 Å². The monoisotopic (exact) mass is 306 g/mol. The zero-order valence-electron chi connectivity index (χ0n) is 13.0. The molecule has 6 N–H and O–H groups in total. The number of rotatable bonds is 7. The molecular weight excluding hydrogens is 280 g/mol. The van der Waals surface area contributed by atoms with Crippen molar-refractivity contribution in [1.82, 2.24) is 0 Å². The highest BCUT2D eigenvalue weighted by Gasteiger charge is 2.42. The van der Waals surface area contributed by atoms with Gasteiger partial charge in [-0.2, -0.15) is 0 Å². The van der Waals surface area contributed by atoms with Gasteiger partial charge in [0.05, 0.1) is 11.6 Å². The van der Waals surface area contributed by atoms with Crippen LogP contribution in [-0.4, -0.2) is 41.8 Å². The number of fused-ring (bicyclic) bond motifs is 1. The second-order valence-electron chi connectivity index (χ2n) is 5.94. The minimum Gasteiger partial charge on any atom is -0.380 e. The number of allylic oxidation sites excluding steroid dienone is 1. The molecular formula is C17H26N2O3. The van der Waals surface area contributed by atoms with Crippen molar-refractivity contribution in [2.75, 3.05) is 13.7 Å². The van der Waals surface area contributed by atoms with Crippen LogP contribution in [0.5, 0.6) is 0 Å². The van der Waals surface area contributed by atoms with Crippen molar-refractivity contribution in [3.05, 3.63) is 41.5 Å². The lowest BCUT2D eigenvalue weighted by atomic mass is 9.71. The third kappa shape index (κ3) is 3.39. The van der Waals surface area contributed by atoms with E-state index < -0.39 is 11.8 Å². The molecule has 5 heteroatoms. The van der Waals surface area contributed by atoms with Crippen LogP contribution in [0, 0.1) is 0 Å². The summed E-state index contributed by atoms with van der Waals surface area (Å²) in [5, 5.41) is 19.9. The normalized spacial score (nSPS) is 21.5. The number of hydrogen-bond donors (Lipinski definition) is 4. The summed E-state index contributed by atoms with van der Waals surface area (Å²) in [5.41, 5.74) is 13.1. The Bertz CT molecular complexity index is 514. The van der Waals surface area contributed by atoms with Gasteiger partial charge < -0.3 is 26.4 Å². The summed E-state index contributed by atoms with van der Waals surface area (Å²) in [6.45, 7) is 0.384. The van der Waals surface area contributed by atoms with Crippen LogP contribution < -0.4 is 11.5 Å². The summed E-state index contributed by atoms with van der Waals surface area (Å²) in [6.07, 6.45) is 4.05. The molecule has 0 saturated heterocycles. The average molecular weight is 306 g/mol. The maximum Gasteiger partial charge on any atom is 0.170 e. The number of hydrogen-bond acceptors (Lipinski definition) is 5. The minimum atomic E-state index is -1.60. The van der Waals surface area contributed by atoms with E-state index in [2.05, 4.69) is 0 Å². The molecule has 0 amide bonds. The second kappa shape index (κ2) is 7.35. The summed E-state index contributed by atoms with van der Waals surface area (Å²) >= 11 is 0. The molecule has 0 aromatic heterocycles. The Morgan fingerprint density at radius 1 is 1.36 bits per heavy atom. The number of nitrogens with two attached hydrogens (primary N) is 2. The van der Waals surface area contributed by atoms with E-state index in [4.69, 9.17) is 16.2 Å². The van der Waals surface area contributed by atoms with Gasteiger partial charge in [0.15, 0.2) is 6.29 Å². The lowest BCUT2D eigenvalue weighted by Gasteiger charge is -2.41. The Balaban J connectivity index is 2.26. The first-order chi connectivity index (χ1) is 10.5. The molecule has 0 aliphatic heterocycles. The van der Waals surface area contributed by atoms with Gasteiger partial charge >= 0.3 is 0 Å². The van der Waals surface area contributed by atoms with Crippen molar-refractivity contribution < 1.29 is 14.9 Å². The van der Waals surface area contributed by atoms with E-state index in [9.17, 15) is 10.2 Å². The first-order valence-corrected chi connectivity index (χ1v) is 7.66. The number of ether oxygens (including phenoxy) is 1. The second-order valence-corrected chi connectivity index (χ2v) is 5.94. The number of aliphatic hydroxyl groups is 2. The minimum absolute atomic E-state index is 0.129. The molecule has 1 aliphatic carbocycles. The molecule has 1 aromatic carbocycles. The van der Waals surface area contributed by atoms with Crippen LogP contribution in [0.3, 0.4) is 0 Å². The maximum atomic E-state index is 9.94. The molecule has 3 unspecified atom stereocenters. The summed E-state index contributed by atoms with van der Waals surface area (Å²) in [6, 6.07) is 7.94. The fourth-order valence-corrected chi connectivity index (χ4v) is 3.17. The molecule has 0 bridgehead atoms. The molecule has 22 heavy (non-hydrogen) atoms. The Labute approximate surface area is 131 Å². The molecule has 0 heterocycles. The topological polar surface area (TPSA) is 102 Å². The summed E-state index contributed by atoms with van der Waals surface area (Å²) in [4.78, 5) is 0. The Morgan fingerprint density at radius 3 is 2.73 bits per heavy atom. The molecule has 0 spiro atoms. The first-order valence-electron chi connectivity index (χ1n) is 7.66. The van der Waals surface area contributed by atoms with Crippen molar-refractivity contribution in [1.29, 1.82) is 0 Å². The molecule has 5 nitrogen and oxygen atoms in total. The zero-order valence-corrected chi connectivity index (χ0v) is 13.0. The van der Waals surface area contributed by atoms with Crippen molar-refractivity contribution in [3.63, 3.8) is 0 Å². The fraction of sp³-hybridized carbons (Fsp3) is 0.529. The van der Waals surface area contributed by atoms with E-state index in [1.807, 2.05) is 36.4 Å². The van der Waals surface area contributed by atoms with Gasteiger partial charge in [-0.15, -0.1) is 0 Å². The van der Waals surface area contributed by atoms with E-state index in [-0.39, 0.29) is 12.0 Å². The van der Waals surface area contributed by atoms with E-state index >= 15 is 0 Å². The van der Waals surface area contributed by atoms with Crippen LogP contribution in [0.25, 0.3) is 6.08 Å². The quantitative estimate of drug-likeness (QED) is 0.562. The molecule has 0 saturated carbocycles. The Morgan fingerprint density at radius 2 is 2.09 bits per heavy atom. The lowest BCUT2D eigenvalue weighted by molar-refractivity contribution is -0.110. The van der Waals surface area contributed by atoms with Crippen molar-refractivity contribution in [2.45, 2.75) is 43.1 Å². The Hall–Kier alpha value is -1.24. The van der Waals surface area contributed by atoms with Crippen molar-refractivity contribution in [3.8, 4) is 0 Å². The number of methoxy groups -OCH3 is 1. The SMILES string of the molecule is COC(CN)CCC(N)(C(O)O)C1CC=Cc2ccccc21. The predicted octanol–water partition coefficient (Wildman–Crippen LogP) is 0.949. The summed E-state index contributed by atoms with van der Waals surface area (Å²) in [7, 11) is 1.60. The van der Waals surface area contributed by atoms with Gasteiger partial charge in [-0.3, -0.25) is 0 Å². The maximum absolute atomic E-state index is 9.94. The highest BCUT2D eigenvalue weighted by molar-refractivity contribution is 5.58. The first kappa shape index (κ1) is 17.1. The van der Waals surface area contributed by atoms with Crippen molar-refractivity contribution in [2.24, 2.45) is 11.5 Å². The summed E-state index contributed by atoms with van der Waals surface area (Å²) in [5.74, 6) is -0.149. The van der Waals surface area contributed by atoms with Crippen LogP contribution in [0.1, 0.15) is 36.3 Å². The number of aliphatic hydroxyl groups excluding tert-OH is 1. The molecule has 1 aromatic rings. The van der Waals surface area contributed by atoms with Gasteiger partial charge in [0.1, 0.15) is 0 Å². The standard InChI is InChI=1S/C17H26N2O3/c1-22-13(11-18)9-10-17(19,16(20)21)15-8-4-6-12-5-2-3-7-14(12)15/h2-7,13,15-16,20-21H,8-11,18-19H2,1H3. The van der Waals surface area contributed by atoms with Crippen LogP contribution in [0.15, 0.2) is 30.3 Å². The van der Waals surface area contributed by atoms with E-state index in [1.54, 1.807) is 7.11 Å². The predicted molar refractivity (Wildman–Crippen MR) is 87.1 cm³/mol. The highest BCUT2D eigenvalue weighted by Crippen LogP contribution is 2.40. The zero-order chi connectivity index (χ0) is 16.2. The van der Waals surface area contributed by atoms with Crippen LogP contribution in [0.4, 0.5) is 0 Å². The molecule has 0 radical (unpaired) electrons. The highest BCUT2D eigenvalue weighted by atomic mass is 16.5. The van der Waals surface area contributed by atoms with Crippen LogP contribution in [-0.2, 0) is 4.74 Å². The van der Waals surface area contributed by atoms with Gasteiger partial charge in [0.25, 0.3) is 0 Å². The number of benzene rings is 1. The van der Waals surface area contributed by atoms with E-state index in [1.165, 1.54) is 0 Å². The van der Waals surface area contributed by atoms with Crippen molar-refractivity contribution >= 4 is 6.08 Å². The van der Waals surface area contributed by atoms with Gasteiger partial charge in [-0.1, -0.05) is 36.4 Å². The molecule has 1 aliphatic rings. The molecule has 3 atom stereocenters. The molecule has 2 rings (SSSR count). The average Bonchev–Trinajstić information content (AvgIpc) is 2.54. The van der Waals surface area contributed by atoms with Gasteiger partial charge in [-0.25, -0.2) is 0 Å². The largest absolute Gasteiger partial charge is 0.380 e. The molecule has 0 fully saturated rings. The molecule has 122 valence electrons. The van der Waals surface area contributed by atoms with Crippen LogP contribution >= 0.6 is 0 Å². The lowest BCUT2D eigenvalue weighted by Crippen LogP contribution is -2.56. The van der Waals surface area contributed by atoms with Crippen LogP contribution in [0.2, 0.25) is 0 Å². The van der Waals surface area contributed by atoms with E-state index in [0.29, 0.717) is 25.8 Å². The third-order valence-corrected chi connectivity index (χ3v) is 4.67. The summed E-state index contributed by atoms with van der Waals surface area (Å²) < 4.78 is 5.27. The van der Waals surface area contributed by atoms with Gasteiger partial charge in [-0.05, 0) is 30.4 Å². The van der Waals surface area contributed by atoms with E-state index in [0.717, 1.165) is 11.1 Å².